The molecule has 2 N–H and O–H groups in total. The number of nitrogens with one attached hydrogen (secondary N) is 2. The summed E-state index contributed by atoms with van der Waals surface area (Å²) in [5, 5.41) is 8.71. The molecule has 5 nitrogen and oxygen atoms in total. The standard InChI is InChI=1S/C20H34N4OS.HI/c1-4-21-20(23-15-16(2)14-18-9-7-13-26-18)22-11-10-19(25)24-12-6-5-8-17(24)3;/h7,9,13,16-17H,4-6,8,10-12,14-15H2,1-3H3,(H2,21,22,23);1H. The summed E-state index contributed by atoms with van der Waals surface area (Å²) in [7, 11) is 0. The maximum absolute atomic E-state index is 12.4. The van der Waals surface area contributed by atoms with Crippen molar-refractivity contribution in [2.24, 2.45) is 10.9 Å². The lowest BCUT2D eigenvalue weighted by molar-refractivity contribution is -0.134. The van der Waals surface area contributed by atoms with Crippen LogP contribution in [0.4, 0.5) is 0 Å². The highest BCUT2D eigenvalue weighted by molar-refractivity contribution is 14.0. The van der Waals surface area contributed by atoms with E-state index in [0.29, 0.717) is 24.9 Å². The van der Waals surface area contributed by atoms with E-state index in [0.717, 1.165) is 44.9 Å². The number of piperidine rings is 1. The van der Waals surface area contributed by atoms with E-state index in [1.807, 2.05) is 4.90 Å². The molecule has 1 aliphatic heterocycles. The van der Waals surface area contributed by atoms with Crippen LogP contribution in [0.15, 0.2) is 22.5 Å². The van der Waals surface area contributed by atoms with Gasteiger partial charge in [-0.15, -0.1) is 35.3 Å². The lowest BCUT2D eigenvalue weighted by Crippen LogP contribution is -2.44. The normalized spacial score (nSPS) is 18.6. The molecule has 2 unspecified atom stereocenters. The first-order valence-electron chi connectivity index (χ1n) is 9.94. The van der Waals surface area contributed by atoms with Crippen molar-refractivity contribution in [2.75, 3.05) is 26.2 Å². The zero-order chi connectivity index (χ0) is 18.8. The van der Waals surface area contributed by atoms with Gasteiger partial charge in [0.2, 0.25) is 5.91 Å². The van der Waals surface area contributed by atoms with Gasteiger partial charge in [0.15, 0.2) is 5.96 Å². The van der Waals surface area contributed by atoms with Crippen LogP contribution in [-0.4, -0.2) is 49.0 Å². The highest BCUT2D eigenvalue weighted by Gasteiger charge is 2.22. The van der Waals surface area contributed by atoms with Crippen molar-refractivity contribution in [1.82, 2.24) is 15.5 Å². The van der Waals surface area contributed by atoms with Crippen molar-refractivity contribution in [2.45, 2.75) is 58.9 Å². The Balaban J connectivity index is 0.00000364. The van der Waals surface area contributed by atoms with Gasteiger partial charge in [0.05, 0.1) is 0 Å². The van der Waals surface area contributed by atoms with Crippen LogP contribution in [0, 0.1) is 5.92 Å². The van der Waals surface area contributed by atoms with Crippen molar-refractivity contribution in [3.63, 3.8) is 0 Å². The minimum Gasteiger partial charge on any atom is -0.357 e. The molecule has 0 aromatic carbocycles. The molecule has 0 saturated carbocycles. The molecule has 7 heteroatoms. The lowest BCUT2D eigenvalue weighted by Gasteiger charge is -2.33. The monoisotopic (exact) mass is 506 g/mol. The Hall–Kier alpha value is -0.830. The van der Waals surface area contributed by atoms with E-state index in [-0.39, 0.29) is 29.9 Å². The molecule has 1 aromatic heterocycles. The first kappa shape index (κ1) is 24.2. The minimum atomic E-state index is 0. The molecule has 0 spiro atoms. The summed E-state index contributed by atoms with van der Waals surface area (Å²) < 4.78 is 0. The molecule has 1 amide bonds. The van der Waals surface area contributed by atoms with Gasteiger partial charge in [0, 0.05) is 43.5 Å². The third kappa shape index (κ3) is 8.81. The summed E-state index contributed by atoms with van der Waals surface area (Å²) in [4.78, 5) is 20.6. The Bertz CT molecular complexity index is 564. The molecule has 1 aliphatic rings. The Labute approximate surface area is 185 Å². The van der Waals surface area contributed by atoms with E-state index in [9.17, 15) is 4.79 Å². The molecule has 2 heterocycles. The van der Waals surface area contributed by atoms with Gasteiger partial charge in [-0.3, -0.25) is 9.79 Å². The summed E-state index contributed by atoms with van der Waals surface area (Å²) in [6.45, 7) is 9.60. The van der Waals surface area contributed by atoms with Crippen molar-refractivity contribution >= 4 is 47.2 Å². The molecule has 154 valence electrons. The number of guanidine groups is 1. The van der Waals surface area contributed by atoms with Gasteiger partial charge in [-0.25, -0.2) is 0 Å². The zero-order valence-electron chi connectivity index (χ0n) is 16.9. The maximum Gasteiger partial charge on any atom is 0.224 e. The van der Waals surface area contributed by atoms with Crippen molar-refractivity contribution < 1.29 is 4.79 Å². The molecule has 0 bridgehead atoms. The van der Waals surface area contributed by atoms with Crippen LogP contribution >= 0.6 is 35.3 Å². The summed E-state index contributed by atoms with van der Waals surface area (Å²) in [5.74, 6) is 1.57. The van der Waals surface area contributed by atoms with E-state index in [1.54, 1.807) is 11.3 Å². The number of carbonyl (C=O) groups excluding carboxylic acids is 1. The number of nitrogens with zero attached hydrogens (tertiary/aromatic N) is 2. The second-order valence-corrected chi connectivity index (χ2v) is 8.25. The molecule has 1 fully saturated rings. The van der Waals surface area contributed by atoms with Gasteiger partial charge in [0.25, 0.3) is 0 Å². The van der Waals surface area contributed by atoms with Crippen LogP contribution in [0.2, 0.25) is 0 Å². The highest BCUT2D eigenvalue weighted by atomic mass is 127. The number of amides is 1. The number of aliphatic imine (C=N–C) groups is 1. The first-order chi connectivity index (χ1) is 12.6. The maximum atomic E-state index is 12.4. The summed E-state index contributed by atoms with van der Waals surface area (Å²) in [6, 6.07) is 4.67. The largest absolute Gasteiger partial charge is 0.357 e. The fourth-order valence-electron chi connectivity index (χ4n) is 3.33. The number of hydrogen-bond acceptors (Lipinski definition) is 3. The minimum absolute atomic E-state index is 0. The number of carbonyl (C=O) groups is 1. The SMILES string of the molecule is CCNC(=NCC(C)Cc1cccs1)NCCC(=O)N1CCCCC1C.I. The predicted molar refractivity (Wildman–Crippen MR) is 126 cm³/mol. The summed E-state index contributed by atoms with van der Waals surface area (Å²) >= 11 is 1.80. The average Bonchev–Trinajstić information content (AvgIpc) is 3.13. The topological polar surface area (TPSA) is 56.7 Å². The third-order valence-corrected chi connectivity index (χ3v) is 5.69. The smallest absolute Gasteiger partial charge is 0.224 e. The van der Waals surface area contributed by atoms with E-state index in [2.05, 4.69) is 48.9 Å². The number of likely N-dealkylation sites (tertiary alicyclic amines) is 1. The fraction of sp³-hybridized carbons (Fsp3) is 0.700. The summed E-state index contributed by atoms with van der Waals surface area (Å²) in [5.41, 5.74) is 0. The number of thiophene rings is 1. The Morgan fingerprint density at radius 1 is 1.41 bits per heavy atom. The first-order valence-corrected chi connectivity index (χ1v) is 10.8. The fourth-order valence-corrected chi connectivity index (χ4v) is 4.20. The average molecular weight is 506 g/mol. The molecule has 0 aliphatic carbocycles. The summed E-state index contributed by atoms with van der Waals surface area (Å²) in [6.07, 6.45) is 5.09. The van der Waals surface area contributed by atoms with Crippen LogP contribution in [0.1, 0.15) is 51.3 Å². The molecule has 1 aromatic rings. The Morgan fingerprint density at radius 3 is 2.89 bits per heavy atom. The van der Waals surface area contributed by atoms with Gasteiger partial charge in [-0.2, -0.15) is 0 Å². The highest BCUT2D eigenvalue weighted by Crippen LogP contribution is 2.17. The van der Waals surface area contributed by atoms with E-state index in [4.69, 9.17) is 4.99 Å². The quantitative estimate of drug-likeness (QED) is 0.320. The zero-order valence-corrected chi connectivity index (χ0v) is 20.0. The lowest BCUT2D eigenvalue weighted by atomic mass is 10.0. The molecule has 1 saturated heterocycles. The van der Waals surface area contributed by atoms with Gasteiger partial charge >= 0.3 is 0 Å². The third-order valence-electron chi connectivity index (χ3n) is 4.79. The van der Waals surface area contributed by atoms with Gasteiger partial charge in [-0.05, 0) is 56.9 Å². The molecular formula is C20H35IN4OS. The van der Waals surface area contributed by atoms with E-state index >= 15 is 0 Å². The molecular weight excluding hydrogens is 471 g/mol. The Kier molecular flexibility index (Phi) is 12.0. The van der Waals surface area contributed by atoms with Crippen LogP contribution < -0.4 is 10.6 Å². The van der Waals surface area contributed by atoms with Crippen LogP contribution in [0.5, 0.6) is 0 Å². The Morgan fingerprint density at radius 2 is 2.22 bits per heavy atom. The van der Waals surface area contributed by atoms with Gasteiger partial charge in [0.1, 0.15) is 0 Å². The molecule has 2 atom stereocenters. The van der Waals surface area contributed by atoms with Gasteiger partial charge < -0.3 is 15.5 Å². The second-order valence-electron chi connectivity index (χ2n) is 7.22. The van der Waals surface area contributed by atoms with Crippen LogP contribution in [-0.2, 0) is 11.2 Å². The van der Waals surface area contributed by atoms with Crippen molar-refractivity contribution in [3.05, 3.63) is 22.4 Å². The number of rotatable bonds is 8. The van der Waals surface area contributed by atoms with Gasteiger partial charge in [-0.1, -0.05) is 13.0 Å². The van der Waals surface area contributed by atoms with E-state index in [1.165, 1.54) is 11.3 Å². The number of halogens is 1. The van der Waals surface area contributed by atoms with E-state index < -0.39 is 0 Å². The molecule has 2 rings (SSSR count). The van der Waals surface area contributed by atoms with Crippen molar-refractivity contribution in [1.29, 1.82) is 0 Å². The van der Waals surface area contributed by atoms with Crippen LogP contribution in [0.25, 0.3) is 0 Å². The van der Waals surface area contributed by atoms with Crippen LogP contribution in [0.3, 0.4) is 0 Å². The van der Waals surface area contributed by atoms with Crippen molar-refractivity contribution in [3.8, 4) is 0 Å². The number of hydrogen-bond donors (Lipinski definition) is 2. The predicted octanol–water partition coefficient (Wildman–Crippen LogP) is 3.89. The second kappa shape index (κ2) is 13.4. The molecule has 0 radical (unpaired) electrons. The molecule has 27 heavy (non-hydrogen) atoms.